The van der Waals surface area contributed by atoms with Crippen LogP contribution in [0.25, 0.3) is 0 Å². The number of hydrogen-bond donors (Lipinski definition) is 0. The maximum absolute atomic E-state index is 13.3. The Morgan fingerprint density at radius 3 is 1.14 bits per heavy atom. The minimum absolute atomic E-state index is 0. The van der Waals surface area contributed by atoms with Crippen LogP contribution < -0.4 is 0 Å². The summed E-state index contributed by atoms with van der Waals surface area (Å²) in [4.78, 5) is 23.7. The smallest absolute Gasteiger partial charge is 0.429 e. The van der Waals surface area contributed by atoms with Gasteiger partial charge in [0.2, 0.25) is 12.2 Å². The third kappa shape index (κ3) is 6.51. The molecular formula is C19H16F6O4. The number of benzene rings is 2. The fourth-order valence-corrected chi connectivity index (χ4v) is 2.12. The van der Waals surface area contributed by atoms with Crippen molar-refractivity contribution in [3.63, 3.8) is 0 Å². The first kappa shape index (κ1) is 24.0. The van der Waals surface area contributed by atoms with Gasteiger partial charge in [-0.1, -0.05) is 43.8 Å². The van der Waals surface area contributed by atoms with E-state index in [0.29, 0.717) is 0 Å². The van der Waals surface area contributed by atoms with Crippen molar-refractivity contribution in [3.05, 3.63) is 71.8 Å². The van der Waals surface area contributed by atoms with E-state index in [2.05, 4.69) is 9.47 Å². The molecule has 2 atom stereocenters. The zero-order chi connectivity index (χ0) is 20.9. The van der Waals surface area contributed by atoms with Gasteiger partial charge in [-0.15, -0.1) is 0 Å². The molecule has 0 spiro atoms. The topological polar surface area (TPSA) is 52.6 Å². The van der Waals surface area contributed by atoms with E-state index in [1.165, 1.54) is 36.4 Å². The normalized spacial score (nSPS) is 13.6. The molecule has 0 heterocycles. The van der Waals surface area contributed by atoms with Crippen LogP contribution in [-0.4, -0.2) is 36.5 Å². The van der Waals surface area contributed by atoms with Crippen molar-refractivity contribution >= 4 is 11.9 Å². The third-order valence-electron chi connectivity index (χ3n) is 3.41. The molecule has 0 N–H and O–H groups in total. The van der Waals surface area contributed by atoms with Crippen molar-refractivity contribution in [3.8, 4) is 0 Å². The first-order valence-corrected chi connectivity index (χ1v) is 7.65. The monoisotopic (exact) mass is 422 g/mol. The number of rotatable bonds is 5. The molecule has 0 aliphatic rings. The fourth-order valence-electron chi connectivity index (χ4n) is 2.12. The number of alkyl halides is 6. The van der Waals surface area contributed by atoms with Gasteiger partial charge in [-0.05, 0) is 24.3 Å². The quantitative estimate of drug-likeness (QED) is 0.491. The molecule has 0 aromatic heterocycles. The summed E-state index contributed by atoms with van der Waals surface area (Å²) in [6, 6.07) is 12.3. The summed E-state index contributed by atoms with van der Waals surface area (Å²) < 4.78 is 87.7. The average molecular weight is 422 g/mol. The number of carbonyl (C=O) groups is 2. The molecule has 10 heteroatoms. The van der Waals surface area contributed by atoms with Gasteiger partial charge in [0.25, 0.3) is 0 Å². The summed E-state index contributed by atoms with van der Waals surface area (Å²) >= 11 is 0. The van der Waals surface area contributed by atoms with Gasteiger partial charge >= 0.3 is 24.3 Å². The Morgan fingerprint density at radius 2 is 0.897 bits per heavy atom. The second-order valence-corrected chi connectivity index (χ2v) is 5.47. The van der Waals surface area contributed by atoms with Crippen LogP contribution in [-0.2, 0) is 9.47 Å². The van der Waals surface area contributed by atoms with Crippen molar-refractivity contribution < 1.29 is 45.4 Å². The zero-order valence-corrected chi connectivity index (χ0v) is 13.8. The van der Waals surface area contributed by atoms with Gasteiger partial charge in [-0.25, -0.2) is 9.59 Å². The summed E-state index contributed by atoms with van der Waals surface area (Å²) in [5, 5.41) is 0. The van der Waals surface area contributed by atoms with Gasteiger partial charge in [0.05, 0.1) is 11.1 Å². The summed E-state index contributed by atoms with van der Waals surface area (Å²) in [6.07, 6.45) is -18.8. The van der Waals surface area contributed by atoms with Crippen molar-refractivity contribution in [2.75, 3.05) is 0 Å². The molecule has 0 bridgehead atoms. The number of hydrogen-bond acceptors (Lipinski definition) is 4. The second-order valence-electron chi connectivity index (χ2n) is 5.47. The van der Waals surface area contributed by atoms with Crippen LogP contribution in [0.4, 0.5) is 26.3 Å². The summed E-state index contributed by atoms with van der Waals surface area (Å²) in [7, 11) is 0. The average Bonchev–Trinajstić information content (AvgIpc) is 2.63. The van der Waals surface area contributed by atoms with Crippen LogP contribution in [0.5, 0.6) is 0 Å². The Balaban J connectivity index is 0.00000420. The summed E-state index contributed by atoms with van der Waals surface area (Å²) in [5.41, 5.74) is -0.792. The molecule has 4 nitrogen and oxygen atoms in total. The van der Waals surface area contributed by atoms with Crippen molar-refractivity contribution in [1.29, 1.82) is 0 Å². The molecule has 0 aliphatic carbocycles. The Labute approximate surface area is 162 Å². The van der Waals surface area contributed by atoms with Gasteiger partial charge in [-0.3, -0.25) is 0 Å². The predicted octanol–water partition coefficient (Wildman–Crippen LogP) is 5.20. The highest BCUT2D eigenvalue weighted by atomic mass is 19.4. The van der Waals surface area contributed by atoms with E-state index in [9.17, 15) is 35.9 Å². The molecule has 0 radical (unpaired) electrons. The minimum Gasteiger partial charge on any atom is -0.445 e. The third-order valence-corrected chi connectivity index (χ3v) is 3.41. The molecule has 2 rings (SSSR count). The fraction of sp³-hybridized carbons (Fsp3) is 0.263. The van der Waals surface area contributed by atoms with Gasteiger partial charge in [0, 0.05) is 0 Å². The Morgan fingerprint density at radius 1 is 0.621 bits per heavy atom. The molecule has 0 saturated heterocycles. The molecule has 0 aliphatic heterocycles. The van der Waals surface area contributed by atoms with Crippen molar-refractivity contribution in [2.24, 2.45) is 0 Å². The van der Waals surface area contributed by atoms with Crippen LogP contribution in [0.2, 0.25) is 0 Å². The van der Waals surface area contributed by atoms with Crippen LogP contribution >= 0.6 is 0 Å². The first-order valence-electron chi connectivity index (χ1n) is 7.65. The van der Waals surface area contributed by atoms with Crippen LogP contribution in [0.15, 0.2) is 60.7 Å². The van der Waals surface area contributed by atoms with E-state index in [4.69, 9.17) is 0 Å². The second kappa shape index (κ2) is 9.44. The van der Waals surface area contributed by atoms with Gasteiger partial charge in [-0.2, -0.15) is 26.3 Å². The van der Waals surface area contributed by atoms with E-state index in [1.807, 2.05) is 0 Å². The maximum Gasteiger partial charge on any atom is 0.429 e. The first-order chi connectivity index (χ1) is 13.0. The molecular weight excluding hydrogens is 406 g/mol. The maximum atomic E-state index is 13.3. The minimum atomic E-state index is -5.65. The number of ether oxygens (including phenoxy) is 2. The number of halogens is 6. The van der Waals surface area contributed by atoms with Crippen LogP contribution in [0.3, 0.4) is 0 Å². The summed E-state index contributed by atoms with van der Waals surface area (Å²) in [6.45, 7) is 0. The lowest BCUT2D eigenvalue weighted by Gasteiger charge is -2.29. The molecule has 158 valence electrons. The highest BCUT2D eigenvalue weighted by Crippen LogP contribution is 2.36. The predicted molar refractivity (Wildman–Crippen MR) is 90.1 cm³/mol. The molecule has 2 aromatic carbocycles. The van der Waals surface area contributed by atoms with E-state index < -0.39 is 47.6 Å². The van der Waals surface area contributed by atoms with E-state index in [0.717, 1.165) is 24.3 Å². The lowest BCUT2D eigenvalue weighted by atomic mass is 10.1. The van der Waals surface area contributed by atoms with E-state index in [-0.39, 0.29) is 7.43 Å². The SMILES string of the molecule is C.O=C(OC(C(OC(=O)c1ccccc1)C(F)(F)F)C(F)(F)F)c1ccccc1. The zero-order valence-electron chi connectivity index (χ0n) is 13.8. The highest BCUT2D eigenvalue weighted by molar-refractivity contribution is 5.90. The van der Waals surface area contributed by atoms with Crippen molar-refractivity contribution in [1.82, 2.24) is 0 Å². The molecule has 0 amide bonds. The lowest BCUT2D eigenvalue weighted by Crippen LogP contribution is -2.52. The van der Waals surface area contributed by atoms with Gasteiger partial charge < -0.3 is 9.47 Å². The Hall–Kier alpha value is -3.04. The van der Waals surface area contributed by atoms with Crippen molar-refractivity contribution in [2.45, 2.75) is 32.0 Å². The van der Waals surface area contributed by atoms with Gasteiger partial charge in [0.1, 0.15) is 0 Å². The lowest BCUT2D eigenvalue weighted by molar-refractivity contribution is -0.291. The summed E-state index contributed by atoms with van der Waals surface area (Å²) in [5.74, 6) is -3.29. The molecule has 2 aromatic rings. The number of carbonyl (C=O) groups excluding carboxylic acids is 2. The standard InChI is InChI=1S/C18H12F6O4.CH4/c19-17(20,21)13(27-15(25)11-7-3-1-4-8-11)14(18(22,23)24)28-16(26)12-9-5-2-6-10-12;/h1-10,13-14H;1H4. The van der Waals surface area contributed by atoms with E-state index in [1.54, 1.807) is 0 Å². The largest absolute Gasteiger partial charge is 0.445 e. The van der Waals surface area contributed by atoms with Crippen LogP contribution in [0, 0.1) is 0 Å². The number of esters is 2. The highest BCUT2D eigenvalue weighted by Gasteiger charge is 2.60. The molecule has 0 fully saturated rings. The molecule has 0 saturated carbocycles. The Bertz CT molecular complexity index is 733. The Kier molecular flexibility index (Phi) is 7.81. The molecule has 29 heavy (non-hydrogen) atoms. The molecule has 2 unspecified atom stereocenters. The van der Waals surface area contributed by atoms with Crippen LogP contribution in [0.1, 0.15) is 28.1 Å². The van der Waals surface area contributed by atoms with E-state index >= 15 is 0 Å². The van der Waals surface area contributed by atoms with Gasteiger partial charge in [0.15, 0.2) is 0 Å².